The number of fused-ring (bicyclic) bond motifs is 3. The lowest BCUT2D eigenvalue weighted by Crippen LogP contribution is -2.48. The van der Waals surface area contributed by atoms with Crippen molar-refractivity contribution in [3.8, 4) is 0 Å². The largest absolute Gasteiger partial charge is 0.468 e. The van der Waals surface area contributed by atoms with E-state index in [-0.39, 0.29) is 28.1 Å². The number of esters is 1. The molecule has 4 aromatic rings. The normalized spacial score (nSPS) is 15.0. The van der Waals surface area contributed by atoms with Crippen molar-refractivity contribution in [2.24, 2.45) is 0 Å². The zero-order valence-corrected chi connectivity index (χ0v) is 21.0. The second-order valence-corrected chi connectivity index (χ2v) is 10.8. The number of aromatic amines is 1. The number of hydrogen-bond donors (Lipinski definition) is 1. The molecule has 1 saturated heterocycles. The van der Waals surface area contributed by atoms with Crippen LogP contribution in [0, 0.1) is 13.8 Å². The van der Waals surface area contributed by atoms with Gasteiger partial charge >= 0.3 is 5.97 Å². The summed E-state index contributed by atoms with van der Waals surface area (Å²) in [5.41, 5.74) is 2.45. The fourth-order valence-corrected chi connectivity index (χ4v) is 6.07. The first-order chi connectivity index (χ1) is 17.2. The molecule has 1 aliphatic rings. The number of sulfone groups is 1. The summed E-state index contributed by atoms with van der Waals surface area (Å²) in [6.45, 7) is 6.57. The molecular weight excluding hydrogens is 484 g/mol. The predicted octanol–water partition coefficient (Wildman–Crippen LogP) is 1.32. The van der Waals surface area contributed by atoms with Gasteiger partial charge in [0.15, 0.2) is 5.65 Å². The average molecular weight is 511 g/mol. The van der Waals surface area contributed by atoms with E-state index in [1.807, 2.05) is 24.0 Å². The molecule has 2 aromatic carbocycles. The first kappa shape index (κ1) is 23.9. The number of aryl methyl sites for hydroxylation is 2. The van der Waals surface area contributed by atoms with E-state index < -0.39 is 15.4 Å². The third-order valence-corrected chi connectivity index (χ3v) is 8.34. The zero-order chi connectivity index (χ0) is 25.6. The van der Waals surface area contributed by atoms with E-state index in [0.29, 0.717) is 42.6 Å². The maximum Gasteiger partial charge on any atom is 0.319 e. The molecule has 0 spiro atoms. The van der Waals surface area contributed by atoms with Gasteiger partial charge in [-0.15, -0.1) is 5.10 Å². The molecule has 1 aliphatic heterocycles. The zero-order valence-electron chi connectivity index (χ0n) is 20.2. The summed E-state index contributed by atoms with van der Waals surface area (Å²) < 4.78 is 33.0. The van der Waals surface area contributed by atoms with Crippen molar-refractivity contribution < 1.29 is 17.9 Å². The van der Waals surface area contributed by atoms with Crippen LogP contribution in [-0.2, 0) is 19.4 Å². The van der Waals surface area contributed by atoms with Gasteiger partial charge in [0.1, 0.15) is 0 Å². The highest BCUT2D eigenvalue weighted by Gasteiger charge is 2.28. The van der Waals surface area contributed by atoms with Gasteiger partial charge in [-0.3, -0.25) is 14.5 Å². The summed E-state index contributed by atoms with van der Waals surface area (Å²) in [5, 5.41) is 8.16. The number of piperazine rings is 1. The molecule has 1 N–H and O–H groups in total. The molecule has 0 atom stereocenters. The van der Waals surface area contributed by atoms with E-state index in [1.54, 1.807) is 31.2 Å². The van der Waals surface area contributed by atoms with Crippen molar-refractivity contribution in [2.45, 2.75) is 23.8 Å². The van der Waals surface area contributed by atoms with Crippen LogP contribution in [0.25, 0.3) is 16.6 Å². The van der Waals surface area contributed by atoms with Crippen LogP contribution in [-0.4, -0.2) is 78.9 Å². The highest BCUT2D eigenvalue weighted by atomic mass is 32.2. The smallest absolute Gasteiger partial charge is 0.319 e. The van der Waals surface area contributed by atoms with Gasteiger partial charge in [-0.2, -0.15) is 4.52 Å². The van der Waals surface area contributed by atoms with E-state index in [1.165, 1.54) is 11.6 Å². The van der Waals surface area contributed by atoms with Gasteiger partial charge in [-0.1, -0.05) is 22.9 Å². The maximum absolute atomic E-state index is 13.4. The standard InChI is InChI=1S/C24H26N6O5S/c1-15-4-7-20(16(2)12-15)36(33,34)24-22-25-23(32)18-6-5-17(13-19(18)30(22)27-26-24)29-10-8-28(9-11-29)14-21(31)35-3/h4-7,12-13H,8-11,14H2,1-3H3,(H,25,32). The second kappa shape index (κ2) is 9.03. The molecule has 12 heteroatoms. The Morgan fingerprint density at radius 3 is 2.53 bits per heavy atom. The number of carbonyl (C=O) groups is 1. The molecule has 0 saturated carbocycles. The van der Waals surface area contributed by atoms with Gasteiger partial charge in [-0.25, -0.2) is 8.42 Å². The van der Waals surface area contributed by atoms with Gasteiger partial charge in [0.2, 0.25) is 14.9 Å². The molecule has 3 heterocycles. The molecule has 5 rings (SSSR count). The number of aromatic nitrogens is 4. The number of nitrogens with one attached hydrogen (secondary N) is 1. The molecule has 0 aliphatic carbocycles. The minimum atomic E-state index is -4.02. The van der Waals surface area contributed by atoms with Crippen molar-refractivity contribution in [3.05, 3.63) is 57.9 Å². The predicted molar refractivity (Wildman–Crippen MR) is 133 cm³/mol. The van der Waals surface area contributed by atoms with Crippen LogP contribution < -0.4 is 10.5 Å². The van der Waals surface area contributed by atoms with Crippen LogP contribution in [0.3, 0.4) is 0 Å². The Morgan fingerprint density at radius 1 is 1.08 bits per heavy atom. The van der Waals surface area contributed by atoms with Crippen molar-refractivity contribution in [1.29, 1.82) is 0 Å². The summed E-state index contributed by atoms with van der Waals surface area (Å²) in [6.07, 6.45) is 0. The number of benzene rings is 2. The van der Waals surface area contributed by atoms with Crippen molar-refractivity contribution in [3.63, 3.8) is 0 Å². The minimum absolute atomic E-state index is 0.0209. The molecule has 0 amide bonds. The summed E-state index contributed by atoms with van der Waals surface area (Å²) in [4.78, 5) is 31.4. The number of nitrogens with zero attached hydrogens (tertiary/aromatic N) is 5. The van der Waals surface area contributed by atoms with Gasteiger partial charge in [0, 0.05) is 31.9 Å². The van der Waals surface area contributed by atoms with E-state index in [0.717, 1.165) is 11.3 Å². The van der Waals surface area contributed by atoms with Crippen LogP contribution >= 0.6 is 0 Å². The fourth-order valence-electron chi connectivity index (χ4n) is 4.60. The number of ether oxygens (including phenoxy) is 1. The molecule has 0 unspecified atom stereocenters. The Kier molecular flexibility index (Phi) is 6.00. The summed E-state index contributed by atoms with van der Waals surface area (Å²) >= 11 is 0. The molecule has 2 aromatic heterocycles. The van der Waals surface area contributed by atoms with Gasteiger partial charge in [-0.05, 0) is 43.7 Å². The Labute approximate surface area is 207 Å². The Bertz CT molecular complexity index is 1650. The molecule has 0 radical (unpaired) electrons. The Morgan fingerprint density at radius 2 is 1.83 bits per heavy atom. The molecule has 188 valence electrons. The average Bonchev–Trinajstić information content (AvgIpc) is 3.29. The highest BCUT2D eigenvalue weighted by molar-refractivity contribution is 7.91. The third kappa shape index (κ3) is 4.11. The van der Waals surface area contributed by atoms with Gasteiger partial charge in [0.25, 0.3) is 5.56 Å². The Balaban J connectivity index is 1.54. The summed E-state index contributed by atoms with van der Waals surface area (Å²) in [6, 6.07) is 10.4. The molecule has 0 bridgehead atoms. The topological polar surface area (TPSA) is 130 Å². The fraction of sp³-hybridized carbons (Fsp3) is 0.333. The lowest BCUT2D eigenvalue weighted by Gasteiger charge is -2.35. The number of rotatable bonds is 5. The van der Waals surface area contributed by atoms with E-state index >= 15 is 0 Å². The number of hydrogen-bond acceptors (Lipinski definition) is 9. The van der Waals surface area contributed by atoms with Crippen LogP contribution in [0.1, 0.15) is 11.1 Å². The van der Waals surface area contributed by atoms with Crippen LogP contribution in [0.4, 0.5) is 5.69 Å². The molecule has 36 heavy (non-hydrogen) atoms. The SMILES string of the molecule is COC(=O)CN1CCN(c2ccc3c(=O)[nH]c4c(S(=O)(=O)c5ccc(C)cc5C)nnn4c3c2)CC1. The molecule has 1 fully saturated rings. The van der Waals surface area contributed by atoms with Crippen LogP contribution in [0.2, 0.25) is 0 Å². The maximum atomic E-state index is 13.4. The van der Waals surface area contributed by atoms with Crippen LogP contribution in [0.5, 0.6) is 0 Å². The quantitative estimate of drug-likeness (QED) is 0.395. The monoisotopic (exact) mass is 510 g/mol. The van der Waals surface area contributed by atoms with Crippen molar-refractivity contribution in [1.82, 2.24) is 24.7 Å². The lowest BCUT2D eigenvalue weighted by atomic mass is 10.2. The molecule has 11 nitrogen and oxygen atoms in total. The first-order valence-electron chi connectivity index (χ1n) is 11.5. The molecular formula is C24H26N6O5S. The second-order valence-electron chi connectivity index (χ2n) is 8.92. The number of carbonyl (C=O) groups excluding carboxylic acids is 1. The Hall–Kier alpha value is -3.77. The number of anilines is 1. The van der Waals surface area contributed by atoms with Gasteiger partial charge < -0.3 is 14.6 Å². The minimum Gasteiger partial charge on any atom is -0.468 e. The van der Waals surface area contributed by atoms with Crippen molar-refractivity contribution >= 4 is 38.0 Å². The van der Waals surface area contributed by atoms with Crippen molar-refractivity contribution in [2.75, 3.05) is 44.7 Å². The van der Waals surface area contributed by atoms with E-state index in [2.05, 4.69) is 20.2 Å². The van der Waals surface area contributed by atoms with E-state index in [9.17, 15) is 18.0 Å². The van der Waals surface area contributed by atoms with Crippen LogP contribution in [0.15, 0.2) is 51.1 Å². The number of H-pyrrole nitrogens is 1. The van der Waals surface area contributed by atoms with Gasteiger partial charge in [0.05, 0.1) is 29.5 Å². The summed E-state index contributed by atoms with van der Waals surface area (Å²) in [7, 11) is -2.65. The highest BCUT2D eigenvalue weighted by Crippen LogP contribution is 2.27. The third-order valence-electron chi connectivity index (χ3n) is 6.52. The first-order valence-corrected chi connectivity index (χ1v) is 13.0. The summed E-state index contributed by atoms with van der Waals surface area (Å²) in [5.74, 6) is -0.270. The van der Waals surface area contributed by atoms with E-state index in [4.69, 9.17) is 4.74 Å². The lowest BCUT2D eigenvalue weighted by molar-refractivity contribution is -0.142. The number of methoxy groups -OCH3 is 1.